The van der Waals surface area contributed by atoms with Gasteiger partial charge in [0.15, 0.2) is 0 Å². The number of benzene rings is 1. The van der Waals surface area contributed by atoms with Crippen molar-refractivity contribution in [2.45, 2.75) is 13.8 Å². The van der Waals surface area contributed by atoms with Crippen LogP contribution in [0.4, 0.5) is 15.8 Å². The summed E-state index contributed by atoms with van der Waals surface area (Å²) in [6, 6.07) is 8.02. The van der Waals surface area contributed by atoms with Gasteiger partial charge in [-0.1, -0.05) is 12.1 Å². The van der Waals surface area contributed by atoms with E-state index in [9.17, 15) is 10.1 Å². The average Bonchev–Trinajstić information content (AvgIpc) is 2.97. The van der Waals surface area contributed by atoms with Crippen LogP contribution in [0.1, 0.15) is 19.4 Å². The Morgan fingerprint density at radius 2 is 2.00 bits per heavy atom. The highest BCUT2D eigenvalue weighted by atomic mass is 32.1. The van der Waals surface area contributed by atoms with Crippen molar-refractivity contribution in [3.8, 4) is 0 Å². The molecule has 21 heavy (non-hydrogen) atoms. The van der Waals surface area contributed by atoms with Gasteiger partial charge in [0.2, 0.25) is 5.13 Å². The van der Waals surface area contributed by atoms with Crippen molar-refractivity contribution >= 4 is 33.4 Å². The van der Waals surface area contributed by atoms with E-state index in [2.05, 4.69) is 28.7 Å². The lowest BCUT2D eigenvalue weighted by Gasteiger charge is -2.20. The molecular weight excluding hydrogens is 288 g/mol. The molecule has 2 rings (SSSR count). The van der Waals surface area contributed by atoms with Crippen LogP contribution in [0, 0.1) is 10.1 Å². The SMILES string of the molecule is CCN(CC)c1ccc(/C=N\c2ncc([N+](=O)[O-])s2)cc1. The van der Waals surface area contributed by atoms with Gasteiger partial charge in [-0.25, -0.2) is 9.98 Å². The number of hydrogen-bond acceptors (Lipinski definition) is 6. The summed E-state index contributed by atoms with van der Waals surface area (Å²) < 4.78 is 0. The summed E-state index contributed by atoms with van der Waals surface area (Å²) in [5.41, 5.74) is 2.10. The van der Waals surface area contributed by atoms with Gasteiger partial charge < -0.3 is 4.90 Å². The van der Waals surface area contributed by atoms with Crippen LogP contribution in [-0.2, 0) is 0 Å². The second-order valence-electron chi connectivity index (χ2n) is 4.26. The number of nitrogens with zero attached hydrogens (tertiary/aromatic N) is 4. The summed E-state index contributed by atoms with van der Waals surface area (Å²) in [5, 5.41) is 10.9. The van der Waals surface area contributed by atoms with Crippen LogP contribution in [0.5, 0.6) is 0 Å². The van der Waals surface area contributed by atoms with Gasteiger partial charge in [-0.3, -0.25) is 10.1 Å². The molecule has 0 spiro atoms. The Morgan fingerprint density at radius 1 is 1.33 bits per heavy atom. The van der Waals surface area contributed by atoms with Crippen LogP contribution in [0.2, 0.25) is 0 Å². The van der Waals surface area contributed by atoms with Crippen LogP contribution in [-0.4, -0.2) is 29.2 Å². The van der Waals surface area contributed by atoms with Gasteiger partial charge >= 0.3 is 5.00 Å². The molecule has 0 fully saturated rings. The van der Waals surface area contributed by atoms with Crippen molar-refractivity contribution in [1.29, 1.82) is 0 Å². The molecule has 0 N–H and O–H groups in total. The Labute approximate surface area is 126 Å². The van der Waals surface area contributed by atoms with Gasteiger partial charge in [-0.15, -0.1) is 0 Å². The molecule has 0 radical (unpaired) electrons. The van der Waals surface area contributed by atoms with Crippen LogP contribution in [0.15, 0.2) is 35.5 Å². The topological polar surface area (TPSA) is 71.6 Å². The number of rotatable bonds is 6. The average molecular weight is 304 g/mol. The summed E-state index contributed by atoms with van der Waals surface area (Å²) in [4.78, 5) is 20.4. The Kier molecular flexibility index (Phi) is 4.99. The molecule has 0 unspecified atom stereocenters. The summed E-state index contributed by atoms with van der Waals surface area (Å²) in [6.07, 6.45) is 2.88. The standard InChI is InChI=1S/C14H16N4O2S/c1-3-17(4-2)12-7-5-11(6-8-12)9-15-14-16-10-13(21-14)18(19)20/h5-10H,3-4H2,1-2H3/b15-9-. The molecule has 1 heterocycles. The largest absolute Gasteiger partial charge is 0.372 e. The minimum Gasteiger partial charge on any atom is -0.372 e. The van der Waals surface area contributed by atoms with Crippen molar-refractivity contribution in [2.75, 3.05) is 18.0 Å². The highest BCUT2D eigenvalue weighted by molar-refractivity contribution is 7.18. The Hall–Kier alpha value is -2.28. The number of aliphatic imine (C=N–C) groups is 1. The lowest BCUT2D eigenvalue weighted by atomic mass is 10.2. The highest BCUT2D eigenvalue weighted by Crippen LogP contribution is 2.27. The first-order valence-corrected chi connectivity index (χ1v) is 7.45. The van der Waals surface area contributed by atoms with E-state index in [4.69, 9.17) is 0 Å². The predicted molar refractivity (Wildman–Crippen MR) is 86.0 cm³/mol. The number of nitro groups is 1. The number of hydrogen-bond donors (Lipinski definition) is 0. The summed E-state index contributed by atoms with van der Waals surface area (Å²) >= 11 is 0.959. The van der Waals surface area contributed by atoms with Crippen molar-refractivity contribution in [3.63, 3.8) is 0 Å². The van der Waals surface area contributed by atoms with E-state index in [1.807, 2.05) is 24.3 Å². The van der Waals surface area contributed by atoms with Gasteiger partial charge in [0.05, 0.1) is 4.92 Å². The third-order valence-corrected chi connectivity index (χ3v) is 3.86. The second kappa shape index (κ2) is 6.94. The lowest BCUT2D eigenvalue weighted by molar-refractivity contribution is -0.380. The highest BCUT2D eigenvalue weighted by Gasteiger charge is 2.10. The van der Waals surface area contributed by atoms with Gasteiger partial charge in [-0.2, -0.15) is 0 Å². The van der Waals surface area contributed by atoms with Crippen LogP contribution in [0.3, 0.4) is 0 Å². The van der Waals surface area contributed by atoms with Crippen LogP contribution >= 0.6 is 11.3 Å². The maximum Gasteiger partial charge on any atom is 0.345 e. The zero-order chi connectivity index (χ0) is 15.2. The minimum absolute atomic E-state index is 0.000897. The molecular formula is C14H16N4O2S. The molecule has 1 aromatic carbocycles. The summed E-state index contributed by atoms with van der Waals surface area (Å²) in [7, 11) is 0. The maximum absolute atomic E-state index is 10.6. The van der Waals surface area contributed by atoms with E-state index >= 15 is 0 Å². The minimum atomic E-state index is -0.463. The van der Waals surface area contributed by atoms with Crippen molar-refractivity contribution < 1.29 is 4.92 Å². The molecule has 110 valence electrons. The Balaban J connectivity index is 2.08. The summed E-state index contributed by atoms with van der Waals surface area (Å²) in [6.45, 7) is 6.17. The smallest absolute Gasteiger partial charge is 0.345 e. The molecule has 0 amide bonds. The molecule has 0 bridgehead atoms. The van der Waals surface area contributed by atoms with Crippen LogP contribution in [0.25, 0.3) is 0 Å². The maximum atomic E-state index is 10.6. The zero-order valence-electron chi connectivity index (χ0n) is 11.9. The molecule has 2 aromatic rings. The molecule has 0 atom stereocenters. The monoisotopic (exact) mass is 304 g/mol. The van der Waals surface area contributed by atoms with E-state index in [-0.39, 0.29) is 5.00 Å². The quantitative estimate of drug-likeness (QED) is 0.464. The normalized spacial score (nSPS) is 11.0. The fourth-order valence-corrected chi connectivity index (χ4v) is 2.47. The molecule has 6 nitrogen and oxygen atoms in total. The first-order valence-electron chi connectivity index (χ1n) is 6.63. The zero-order valence-corrected chi connectivity index (χ0v) is 12.7. The molecule has 1 aromatic heterocycles. The number of aromatic nitrogens is 1. The third kappa shape index (κ3) is 3.85. The van der Waals surface area contributed by atoms with E-state index < -0.39 is 4.92 Å². The molecule has 7 heteroatoms. The van der Waals surface area contributed by atoms with Gasteiger partial charge in [0, 0.05) is 25.0 Å². The second-order valence-corrected chi connectivity index (χ2v) is 5.25. The van der Waals surface area contributed by atoms with Gasteiger partial charge in [-0.05, 0) is 42.9 Å². The van der Waals surface area contributed by atoms with Crippen molar-refractivity contribution in [1.82, 2.24) is 4.98 Å². The van der Waals surface area contributed by atoms with Gasteiger partial charge in [0.25, 0.3) is 0 Å². The van der Waals surface area contributed by atoms with Crippen molar-refractivity contribution in [2.24, 2.45) is 4.99 Å². The number of thiazole rings is 1. The molecule has 0 aliphatic rings. The van der Waals surface area contributed by atoms with E-state index in [0.29, 0.717) is 5.13 Å². The van der Waals surface area contributed by atoms with E-state index in [1.54, 1.807) is 6.21 Å². The first kappa shape index (κ1) is 15.1. The fraction of sp³-hybridized carbons (Fsp3) is 0.286. The third-order valence-electron chi connectivity index (χ3n) is 3.01. The molecule has 0 saturated carbocycles. The molecule has 0 saturated heterocycles. The van der Waals surface area contributed by atoms with E-state index in [0.717, 1.165) is 30.0 Å². The molecule has 0 aliphatic heterocycles. The first-order chi connectivity index (χ1) is 10.1. The fourth-order valence-electron chi connectivity index (χ4n) is 1.89. The molecule has 0 aliphatic carbocycles. The number of anilines is 1. The van der Waals surface area contributed by atoms with Crippen molar-refractivity contribution in [3.05, 3.63) is 46.1 Å². The predicted octanol–water partition coefficient (Wildman–Crippen LogP) is 3.65. The van der Waals surface area contributed by atoms with Gasteiger partial charge in [0.1, 0.15) is 6.20 Å². The Bertz CT molecular complexity index is 633. The Morgan fingerprint density at radius 3 is 2.52 bits per heavy atom. The van der Waals surface area contributed by atoms with E-state index in [1.165, 1.54) is 11.9 Å². The lowest BCUT2D eigenvalue weighted by Crippen LogP contribution is -2.21. The van der Waals surface area contributed by atoms with Crippen LogP contribution < -0.4 is 4.90 Å². The summed E-state index contributed by atoms with van der Waals surface area (Å²) in [5.74, 6) is 0.